The number of furan rings is 1. The number of rotatable bonds is 7. The molecule has 2 aromatic heterocycles. The van der Waals surface area contributed by atoms with Crippen LogP contribution in [-0.2, 0) is 5.41 Å². The Morgan fingerprint density at radius 3 is 1.55 bits per heavy atom. The molecule has 1 aliphatic carbocycles. The van der Waals surface area contributed by atoms with Crippen molar-refractivity contribution < 1.29 is 4.42 Å². The Balaban J connectivity index is 0.933. The first-order valence-electron chi connectivity index (χ1n) is 22.6. The molecule has 3 heteroatoms. The first-order valence-corrected chi connectivity index (χ1v) is 22.6. The average molecular weight is 841 g/mol. The van der Waals surface area contributed by atoms with Crippen molar-refractivity contribution in [3.63, 3.8) is 0 Å². The van der Waals surface area contributed by atoms with Crippen LogP contribution in [0, 0.1) is 0 Å². The Morgan fingerprint density at radius 1 is 0.318 bits per heavy atom. The summed E-state index contributed by atoms with van der Waals surface area (Å²) in [7, 11) is 0. The number of hydrogen-bond acceptors (Lipinski definition) is 3. The molecule has 0 saturated carbocycles. The van der Waals surface area contributed by atoms with Gasteiger partial charge in [-0.05, 0) is 84.6 Å². The number of para-hydroxylation sites is 2. The van der Waals surface area contributed by atoms with Crippen molar-refractivity contribution in [2.45, 2.75) is 5.41 Å². The third-order valence-corrected chi connectivity index (χ3v) is 13.6. The fraction of sp³-hybridized carbons (Fsp3) is 0.0159. The summed E-state index contributed by atoms with van der Waals surface area (Å²) in [5.74, 6) is 0.666. The van der Waals surface area contributed by atoms with Crippen LogP contribution in [0.4, 0.5) is 0 Å². The van der Waals surface area contributed by atoms with E-state index in [1.165, 1.54) is 50.1 Å². The minimum absolute atomic E-state index is 0.446. The van der Waals surface area contributed by atoms with Crippen molar-refractivity contribution in [3.8, 4) is 67.3 Å². The van der Waals surface area contributed by atoms with Crippen LogP contribution in [-0.4, -0.2) is 9.97 Å². The molecule has 0 saturated heterocycles. The molecule has 0 atom stereocenters. The van der Waals surface area contributed by atoms with Gasteiger partial charge in [-0.1, -0.05) is 224 Å². The number of benzene rings is 10. The van der Waals surface area contributed by atoms with Crippen LogP contribution in [0.2, 0.25) is 0 Å². The van der Waals surface area contributed by atoms with E-state index < -0.39 is 5.41 Å². The van der Waals surface area contributed by atoms with E-state index in [4.69, 9.17) is 14.4 Å². The van der Waals surface area contributed by atoms with E-state index in [2.05, 4.69) is 212 Å². The third-order valence-electron chi connectivity index (χ3n) is 13.6. The van der Waals surface area contributed by atoms with E-state index in [-0.39, 0.29) is 0 Å². The van der Waals surface area contributed by atoms with Crippen LogP contribution in [0.3, 0.4) is 0 Å². The minimum atomic E-state index is -0.446. The molecule has 1 aliphatic rings. The maximum Gasteiger partial charge on any atom is 0.160 e. The Hall–Kier alpha value is -8.66. The summed E-state index contributed by atoms with van der Waals surface area (Å²) in [5.41, 5.74) is 18.3. The van der Waals surface area contributed by atoms with Crippen molar-refractivity contribution in [3.05, 3.63) is 265 Å². The van der Waals surface area contributed by atoms with E-state index in [1.807, 2.05) is 30.3 Å². The third kappa shape index (κ3) is 5.84. The summed E-state index contributed by atoms with van der Waals surface area (Å²) < 4.78 is 6.52. The lowest BCUT2D eigenvalue weighted by Gasteiger charge is -2.34. The van der Waals surface area contributed by atoms with Crippen LogP contribution >= 0.6 is 0 Å². The quantitative estimate of drug-likeness (QED) is 0.160. The van der Waals surface area contributed by atoms with Crippen molar-refractivity contribution in [1.29, 1.82) is 0 Å². The summed E-state index contributed by atoms with van der Waals surface area (Å²) >= 11 is 0. The zero-order valence-electron chi connectivity index (χ0n) is 35.9. The van der Waals surface area contributed by atoms with Gasteiger partial charge < -0.3 is 4.42 Å². The monoisotopic (exact) mass is 840 g/mol. The van der Waals surface area contributed by atoms with Crippen LogP contribution in [0.15, 0.2) is 247 Å². The highest BCUT2D eigenvalue weighted by atomic mass is 16.3. The van der Waals surface area contributed by atoms with Crippen LogP contribution in [0.25, 0.3) is 100.0 Å². The smallest absolute Gasteiger partial charge is 0.160 e. The maximum absolute atomic E-state index is 6.52. The first kappa shape index (κ1) is 37.9. The molecule has 308 valence electrons. The van der Waals surface area contributed by atoms with Gasteiger partial charge in [0, 0.05) is 27.5 Å². The van der Waals surface area contributed by atoms with Gasteiger partial charge in [-0.15, -0.1) is 0 Å². The van der Waals surface area contributed by atoms with E-state index in [1.54, 1.807) is 0 Å². The number of nitrogens with zero attached hydrogens (tertiary/aromatic N) is 2. The van der Waals surface area contributed by atoms with Crippen LogP contribution in [0.5, 0.6) is 0 Å². The second-order valence-corrected chi connectivity index (χ2v) is 17.1. The second-order valence-electron chi connectivity index (χ2n) is 17.1. The molecule has 3 nitrogen and oxygen atoms in total. The Kier molecular flexibility index (Phi) is 8.75. The number of hydrogen-bond donors (Lipinski definition) is 0. The van der Waals surface area contributed by atoms with Gasteiger partial charge >= 0.3 is 0 Å². The standard InChI is InChI=1S/C63H40N2O/c1-4-18-43(19-5-1)62-64-57(40-58(65-62)54-30-16-29-52-51-26-13-15-33-59(51)66-61(52)54)50-39-38-46(48-24-10-11-25-49(48)50)41-34-36-42(37-35-41)47-28-17-32-56-60(47)53-27-12-14-31-55(53)63(56,44-20-6-2-7-21-44)45-22-8-3-9-23-45/h1-40H. The molecule has 12 aromatic rings. The van der Waals surface area contributed by atoms with Gasteiger partial charge in [0.25, 0.3) is 0 Å². The Morgan fingerprint density at radius 2 is 0.818 bits per heavy atom. The predicted octanol–water partition coefficient (Wildman–Crippen LogP) is 16.2. The molecule has 0 bridgehead atoms. The fourth-order valence-corrected chi connectivity index (χ4v) is 10.7. The SMILES string of the molecule is c1ccc(-c2nc(-c3ccc(-c4ccc(-c5cccc6c5-c5ccccc5C6(c5ccccc5)c5ccccc5)cc4)c4ccccc34)cc(-c3cccc4c3oc3ccccc34)n2)cc1. The molecular weight excluding hydrogens is 801 g/mol. The van der Waals surface area contributed by atoms with Gasteiger partial charge in [0.2, 0.25) is 0 Å². The van der Waals surface area contributed by atoms with Gasteiger partial charge in [0.1, 0.15) is 11.2 Å². The topological polar surface area (TPSA) is 38.9 Å². The molecular formula is C63H40N2O. The van der Waals surface area contributed by atoms with Crippen molar-refractivity contribution in [2.75, 3.05) is 0 Å². The van der Waals surface area contributed by atoms with Gasteiger partial charge in [-0.3, -0.25) is 0 Å². The Labute approximate surface area is 383 Å². The molecule has 0 N–H and O–H groups in total. The molecule has 13 rings (SSSR count). The molecule has 0 fully saturated rings. The summed E-state index contributed by atoms with van der Waals surface area (Å²) in [4.78, 5) is 10.5. The normalized spacial score (nSPS) is 12.7. The van der Waals surface area contributed by atoms with Gasteiger partial charge in [-0.25, -0.2) is 9.97 Å². The summed E-state index contributed by atoms with van der Waals surface area (Å²) in [5, 5.41) is 4.45. The summed E-state index contributed by atoms with van der Waals surface area (Å²) in [6.45, 7) is 0. The number of aromatic nitrogens is 2. The van der Waals surface area contributed by atoms with E-state index in [0.717, 1.165) is 66.4 Å². The van der Waals surface area contributed by atoms with Crippen molar-refractivity contribution >= 4 is 32.7 Å². The zero-order chi connectivity index (χ0) is 43.6. The summed E-state index contributed by atoms with van der Waals surface area (Å²) in [6, 6.07) is 87.0. The molecule has 10 aromatic carbocycles. The number of fused-ring (bicyclic) bond motifs is 7. The van der Waals surface area contributed by atoms with Crippen LogP contribution in [0.1, 0.15) is 22.3 Å². The minimum Gasteiger partial charge on any atom is -0.455 e. The zero-order valence-corrected chi connectivity index (χ0v) is 35.9. The highest BCUT2D eigenvalue weighted by Crippen LogP contribution is 2.58. The van der Waals surface area contributed by atoms with Crippen molar-refractivity contribution in [2.24, 2.45) is 0 Å². The second kappa shape index (κ2) is 15.3. The lowest BCUT2D eigenvalue weighted by molar-refractivity contribution is 0.670. The van der Waals surface area contributed by atoms with Crippen molar-refractivity contribution in [1.82, 2.24) is 9.97 Å². The molecule has 0 radical (unpaired) electrons. The first-order chi connectivity index (χ1) is 32.7. The lowest BCUT2D eigenvalue weighted by atomic mass is 9.67. The average Bonchev–Trinajstić information content (AvgIpc) is 3.93. The van der Waals surface area contributed by atoms with E-state index in [0.29, 0.717) is 5.82 Å². The highest BCUT2D eigenvalue weighted by Gasteiger charge is 2.46. The largest absolute Gasteiger partial charge is 0.455 e. The van der Waals surface area contributed by atoms with E-state index in [9.17, 15) is 0 Å². The molecule has 66 heavy (non-hydrogen) atoms. The lowest BCUT2D eigenvalue weighted by Crippen LogP contribution is -2.28. The maximum atomic E-state index is 6.52. The van der Waals surface area contributed by atoms with Gasteiger partial charge in [-0.2, -0.15) is 0 Å². The Bertz CT molecular complexity index is 3760. The summed E-state index contributed by atoms with van der Waals surface area (Å²) in [6.07, 6.45) is 0. The van der Waals surface area contributed by atoms with Gasteiger partial charge in [0.15, 0.2) is 5.82 Å². The van der Waals surface area contributed by atoms with Crippen LogP contribution < -0.4 is 0 Å². The van der Waals surface area contributed by atoms with Gasteiger partial charge in [0.05, 0.1) is 16.8 Å². The predicted molar refractivity (Wildman–Crippen MR) is 271 cm³/mol. The molecule has 0 unspecified atom stereocenters. The fourth-order valence-electron chi connectivity index (χ4n) is 10.7. The molecule has 0 spiro atoms. The molecule has 2 heterocycles. The highest BCUT2D eigenvalue weighted by molar-refractivity contribution is 6.10. The molecule has 0 aliphatic heterocycles. The van der Waals surface area contributed by atoms with E-state index >= 15 is 0 Å². The molecule has 0 amide bonds.